The van der Waals surface area contributed by atoms with E-state index in [9.17, 15) is 4.79 Å². The molecule has 1 aliphatic heterocycles. The zero-order chi connectivity index (χ0) is 18.0. The van der Waals surface area contributed by atoms with Crippen LogP contribution in [0.15, 0.2) is 36.4 Å². The van der Waals surface area contributed by atoms with Gasteiger partial charge in [-0.2, -0.15) is 0 Å². The van der Waals surface area contributed by atoms with Gasteiger partial charge in [-0.05, 0) is 18.4 Å². The summed E-state index contributed by atoms with van der Waals surface area (Å²) in [5.41, 5.74) is 1.25. The van der Waals surface area contributed by atoms with E-state index in [1.807, 2.05) is 6.07 Å². The molecule has 2 aliphatic rings. The molecule has 0 spiro atoms. The molecule has 1 aromatic carbocycles. The first-order chi connectivity index (χ1) is 12.8. The maximum atomic E-state index is 12.3. The van der Waals surface area contributed by atoms with Crippen LogP contribution in [0, 0.1) is 0 Å². The summed E-state index contributed by atoms with van der Waals surface area (Å²) < 4.78 is 0. The predicted molar refractivity (Wildman–Crippen MR) is 108 cm³/mol. The van der Waals surface area contributed by atoms with Crippen LogP contribution in [0.25, 0.3) is 6.08 Å². The summed E-state index contributed by atoms with van der Waals surface area (Å²) in [4.78, 5) is 17.1. The fraction of sp³-hybridized carbons (Fsp3) is 0.591. The van der Waals surface area contributed by atoms with E-state index in [4.69, 9.17) is 0 Å². The van der Waals surface area contributed by atoms with Crippen LogP contribution in [0.5, 0.6) is 0 Å². The fourth-order valence-corrected chi connectivity index (χ4v) is 3.93. The lowest BCUT2D eigenvalue weighted by molar-refractivity contribution is -0.123. The first-order valence-corrected chi connectivity index (χ1v) is 10.3. The summed E-state index contributed by atoms with van der Waals surface area (Å²) >= 11 is 0. The first-order valence-electron chi connectivity index (χ1n) is 10.3. The molecule has 1 saturated carbocycles. The molecular weight excluding hydrogens is 322 g/mol. The van der Waals surface area contributed by atoms with Crippen LogP contribution in [0.4, 0.5) is 0 Å². The van der Waals surface area contributed by atoms with Crippen LogP contribution in [-0.2, 0) is 4.79 Å². The lowest BCUT2D eigenvalue weighted by atomic mass is 10.1. The van der Waals surface area contributed by atoms with Crippen molar-refractivity contribution in [1.82, 2.24) is 15.1 Å². The van der Waals surface area contributed by atoms with E-state index in [1.165, 1.54) is 31.2 Å². The van der Waals surface area contributed by atoms with E-state index in [-0.39, 0.29) is 5.91 Å². The minimum absolute atomic E-state index is 0.217. The normalized spacial score (nSPS) is 20.9. The molecule has 0 radical (unpaired) electrons. The average molecular weight is 356 g/mol. The molecule has 1 N–H and O–H groups in total. The number of nitrogens with zero attached hydrogens (tertiary/aromatic N) is 2. The lowest BCUT2D eigenvalue weighted by Gasteiger charge is -2.34. The van der Waals surface area contributed by atoms with Crippen LogP contribution < -0.4 is 5.32 Å². The van der Waals surface area contributed by atoms with E-state index in [0.29, 0.717) is 12.6 Å². The predicted octanol–water partition coefficient (Wildman–Crippen LogP) is 3.16. The number of piperazine rings is 1. The van der Waals surface area contributed by atoms with Gasteiger partial charge in [0, 0.05) is 38.8 Å². The molecule has 0 bridgehead atoms. The van der Waals surface area contributed by atoms with Crippen molar-refractivity contribution in [2.75, 3.05) is 39.3 Å². The Morgan fingerprint density at radius 2 is 1.62 bits per heavy atom. The third-order valence-electron chi connectivity index (χ3n) is 5.53. The van der Waals surface area contributed by atoms with Crippen molar-refractivity contribution >= 4 is 12.0 Å². The Balaban J connectivity index is 1.33. The SMILES string of the molecule is O=C(CN1CCN(C/C=C/c2ccccc2)CC1)NC1CCCCCC1. The van der Waals surface area contributed by atoms with Gasteiger partial charge in [0.25, 0.3) is 0 Å². The first kappa shape index (κ1) is 19.1. The van der Waals surface area contributed by atoms with Gasteiger partial charge in [-0.3, -0.25) is 14.6 Å². The molecule has 142 valence electrons. The van der Waals surface area contributed by atoms with Crippen molar-refractivity contribution in [1.29, 1.82) is 0 Å². The number of hydrogen-bond donors (Lipinski definition) is 1. The van der Waals surface area contributed by atoms with Gasteiger partial charge in [0.15, 0.2) is 0 Å². The highest BCUT2D eigenvalue weighted by molar-refractivity contribution is 5.78. The number of nitrogens with one attached hydrogen (secondary N) is 1. The molecule has 1 saturated heterocycles. The van der Waals surface area contributed by atoms with Crippen LogP contribution >= 0.6 is 0 Å². The average Bonchev–Trinajstić information content (AvgIpc) is 2.93. The maximum Gasteiger partial charge on any atom is 0.234 e. The number of rotatable bonds is 6. The highest BCUT2D eigenvalue weighted by atomic mass is 16.2. The van der Waals surface area contributed by atoms with Crippen LogP contribution in [0.2, 0.25) is 0 Å². The van der Waals surface area contributed by atoms with Crippen LogP contribution in [0.3, 0.4) is 0 Å². The number of benzene rings is 1. The molecule has 26 heavy (non-hydrogen) atoms. The van der Waals surface area contributed by atoms with Gasteiger partial charge in [-0.25, -0.2) is 0 Å². The van der Waals surface area contributed by atoms with Crippen molar-refractivity contribution < 1.29 is 4.79 Å². The van der Waals surface area contributed by atoms with E-state index >= 15 is 0 Å². The van der Waals surface area contributed by atoms with Crippen molar-refractivity contribution in [3.8, 4) is 0 Å². The van der Waals surface area contributed by atoms with Crippen molar-refractivity contribution in [3.63, 3.8) is 0 Å². The maximum absolute atomic E-state index is 12.3. The molecule has 4 heteroatoms. The number of carbonyl (C=O) groups is 1. The van der Waals surface area contributed by atoms with E-state index in [1.54, 1.807) is 0 Å². The van der Waals surface area contributed by atoms with Crippen LogP contribution in [0.1, 0.15) is 44.1 Å². The number of amides is 1. The summed E-state index contributed by atoms with van der Waals surface area (Å²) in [7, 11) is 0. The second-order valence-corrected chi connectivity index (χ2v) is 7.65. The summed E-state index contributed by atoms with van der Waals surface area (Å²) in [6.45, 7) is 5.58. The molecule has 1 aromatic rings. The van der Waals surface area contributed by atoms with E-state index in [2.05, 4.69) is 51.5 Å². The minimum atomic E-state index is 0.217. The monoisotopic (exact) mass is 355 g/mol. The molecule has 4 nitrogen and oxygen atoms in total. The summed E-state index contributed by atoms with van der Waals surface area (Å²) in [5, 5.41) is 3.26. The van der Waals surface area contributed by atoms with E-state index in [0.717, 1.165) is 45.6 Å². The fourth-order valence-electron chi connectivity index (χ4n) is 3.93. The molecule has 1 amide bonds. The van der Waals surface area contributed by atoms with Gasteiger partial charge in [-0.15, -0.1) is 0 Å². The van der Waals surface area contributed by atoms with Gasteiger partial charge < -0.3 is 5.32 Å². The summed E-state index contributed by atoms with van der Waals surface area (Å²) in [6.07, 6.45) is 11.9. The second kappa shape index (κ2) is 10.5. The Labute approximate surface area is 158 Å². The second-order valence-electron chi connectivity index (χ2n) is 7.65. The summed E-state index contributed by atoms with van der Waals surface area (Å²) in [6, 6.07) is 10.8. The topological polar surface area (TPSA) is 35.6 Å². The highest BCUT2D eigenvalue weighted by Gasteiger charge is 2.20. The largest absolute Gasteiger partial charge is 0.352 e. The zero-order valence-corrected chi connectivity index (χ0v) is 15.9. The molecule has 3 rings (SSSR count). The third kappa shape index (κ3) is 6.58. The van der Waals surface area contributed by atoms with Crippen molar-refractivity contribution in [3.05, 3.63) is 42.0 Å². The Morgan fingerprint density at radius 3 is 2.31 bits per heavy atom. The van der Waals surface area contributed by atoms with Gasteiger partial charge in [0.1, 0.15) is 0 Å². The Hall–Kier alpha value is -1.65. The van der Waals surface area contributed by atoms with Gasteiger partial charge in [-0.1, -0.05) is 68.2 Å². The van der Waals surface area contributed by atoms with Gasteiger partial charge in [0.2, 0.25) is 5.91 Å². The van der Waals surface area contributed by atoms with Crippen LogP contribution in [-0.4, -0.2) is 61.0 Å². The van der Waals surface area contributed by atoms with E-state index < -0.39 is 0 Å². The Kier molecular flexibility index (Phi) is 7.71. The highest BCUT2D eigenvalue weighted by Crippen LogP contribution is 2.17. The molecule has 1 aliphatic carbocycles. The Bertz CT molecular complexity index is 556. The molecule has 1 heterocycles. The molecule has 2 fully saturated rings. The quantitative estimate of drug-likeness (QED) is 0.796. The van der Waals surface area contributed by atoms with Crippen molar-refractivity contribution in [2.24, 2.45) is 0 Å². The molecule has 0 atom stereocenters. The molecule has 0 unspecified atom stereocenters. The minimum Gasteiger partial charge on any atom is -0.352 e. The lowest BCUT2D eigenvalue weighted by Crippen LogP contribution is -2.50. The molecular formula is C22H33N3O. The van der Waals surface area contributed by atoms with Gasteiger partial charge >= 0.3 is 0 Å². The number of hydrogen-bond acceptors (Lipinski definition) is 3. The number of carbonyl (C=O) groups excluding carboxylic acids is 1. The Morgan fingerprint density at radius 1 is 0.962 bits per heavy atom. The van der Waals surface area contributed by atoms with Crippen molar-refractivity contribution in [2.45, 2.75) is 44.6 Å². The van der Waals surface area contributed by atoms with Gasteiger partial charge in [0.05, 0.1) is 6.54 Å². The standard InChI is InChI=1S/C22H33N3O/c26-22(23-21-12-6-1-2-7-13-21)19-25-17-15-24(16-18-25)14-8-11-20-9-4-3-5-10-20/h3-5,8-11,21H,1-2,6-7,12-19H2,(H,23,26)/b11-8+. The summed E-state index contributed by atoms with van der Waals surface area (Å²) in [5.74, 6) is 0.217. The zero-order valence-electron chi connectivity index (χ0n) is 15.9. The third-order valence-corrected chi connectivity index (χ3v) is 5.53. The molecule has 0 aromatic heterocycles. The smallest absolute Gasteiger partial charge is 0.234 e.